The fraction of sp³-hybridized carbons (Fsp3) is 0.378. The Balaban J connectivity index is 1.03. The van der Waals surface area contributed by atoms with Gasteiger partial charge in [-0.25, -0.2) is 26.5 Å². The molecule has 0 radical (unpaired) electrons. The van der Waals surface area contributed by atoms with E-state index >= 15 is 0 Å². The average Bonchev–Trinajstić information content (AvgIpc) is 3.75. The van der Waals surface area contributed by atoms with Gasteiger partial charge < -0.3 is 29.4 Å². The SMILES string of the molecule is CC1(C)CC(c2ccc(Cl)cc2)=C(CN2CCN(c3ccc(C(=O)NS(=O)(=O)c4ccc(NCC5CCOCC5)c(S(=O)(=O)C(F)(F)F)c4)c(Oc4cnc5[nH]ccc5c4)c3)CC2)CO1. The van der Waals surface area contributed by atoms with Crippen LogP contribution in [0.4, 0.5) is 24.5 Å². The molecular weight excluding hydrogens is 909 g/mol. The van der Waals surface area contributed by atoms with Crippen molar-refractivity contribution in [1.82, 2.24) is 19.6 Å². The number of pyridine rings is 1. The number of aromatic amines is 1. The molecule has 0 aliphatic carbocycles. The maximum absolute atomic E-state index is 14.0. The van der Waals surface area contributed by atoms with Gasteiger partial charge in [-0.2, -0.15) is 13.2 Å². The standard InChI is InChI=1S/C45H48ClF3N6O8S2/c1-44(2)24-38(30-3-5-33(46)6-4-30)32(28-62-44)27-54-15-17-55(18-16-54)34-7-9-37(40(22-34)63-35-21-31-11-14-50-42(31)52-26-35)43(56)53-65(59,60)36-8-10-39(51-25-29-12-19-61-20-13-29)41(23-36)64(57,58)45(47,48)49/h3-11,14,21-23,26,29,51H,12-13,15-20,24-25,27-28H2,1-2H3,(H,50,52)(H,53,56). The molecule has 3 aliphatic rings. The van der Waals surface area contributed by atoms with E-state index in [1.54, 1.807) is 30.5 Å². The van der Waals surface area contributed by atoms with Gasteiger partial charge in [0.25, 0.3) is 25.8 Å². The number of nitrogens with zero attached hydrogens (tertiary/aromatic N) is 3. The summed E-state index contributed by atoms with van der Waals surface area (Å²) >= 11 is 6.20. The highest BCUT2D eigenvalue weighted by molar-refractivity contribution is 7.92. The van der Waals surface area contributed by atoms with Gasteiger partial charge >= 0.3 is 5.51 Å². The number of fused-ring (bicyclic) bond motifs is 1. The summed E-state index contributed by atoms with van der Waals surface area (Å²) in [5, 5.41) is 4.13. The molecule has 5 aromatic rings. The molecule has 65 heavy (non-hydrogen) atoms. The Kier molecular flexibility index (Phi) is 13.3. The van der Waals surface area contributed by atoms with Crippen LogP contribution in [0.25, 0.3) is 16.6 Å². The van der Waals surface area contributed by atoms with E-state index in [0.29, 0.717) is 93.2 Å². The van der Waals surface area contributed by atoms with Crippen molar-refractivity contribution in [2.75, 3.05) is 69.3 Å². The van der Waals surface area contributed by atoms with Crippen molar-refractivity contribution in [3.05, 3.63) is 107 Å². The summed E-state index contributed by atoms with van der Waals surface area (Å²) in [6, 6.07) is 18.3. The number of piperazine rings is 1. The zero-order valence-corrected chi connectivity index (χ0v) is 38.0. The van der Waals surface area contributed by atoms with E-state index in [2.05, 4.69) is 38.9 Å². The monoisotopic (exact) mass is 956 g/mol. The summed E-state index contributed by atoms with van der Waals surface area (Å²) in [7, 11) is -11.0. The first-order valence-corrected chi connectivity index (χ1v) is 24.4. The van der Waals surface area contributed by atoms with Gasteiger partial charge in [-0.15, -0.1) is 0 Å². The van der Waals surface area contributed by atoms with Crippen molar-refractivity contribution in [2.24, 2.45) is 5.92 Å². The van der Waals surface area contributed by atoms with Gasteiger partial charge in [0.15, 0.2) is 0 Å². The van der Waals surface area contributed by atoms with E-state index in [0.717, 1.165) is 24.1 Å². The lowest BCUT2D eigenvalue weighted by molar-refractivity contribution is -0.0436. The lowest BCUT2D eigenvalue weighted by Crippen LogP contribution is -2.47. The maximum atomic E-state index is 14.0. The number of benzene rings is 3. The summed E-state index contributed by atoms with van der Waals surface area (Å²) in [6.07, 6.45) is 5.10. The molecule has 3 N–H and O–H groups in total. The second kappa shape index (κ2) is 18.6. The summed E-state index contributed by atoms with van der Waals surface area (Å²) < 4.78 is 115. The van der Waals surface area contributed by atoms with Crippen molar-refractivity contribution < 1.29 is 49.0 Å². The van der Waals surface area contributed by atoms with Crippen LogP contribution in [0.1, 0.15) is 49.0 Å². The number of sulfone groups is 1. The number of aromatic nitrogens is 2. The number of anilines is 2. The molecule has 1 amide bonds. The van der Waals surface area contributed by atoms with E-state index in [-0.39, 0.29) is 35.1 Å². The number of hydrogen-bond donors (Lipinski definition) is 3. The quantitative estimate of drug-likeness (QED) is 0.104. The topological polar surface area (TPSA) is 172 Å². The molecule has 0 bridgehead atoms. The zero-order valence-electron chi connectivity index (χ0n) is 35.6. The molecule has 2 fully saturated rings. The third-order valence-electron chi connectivity index (χ3n) is 11.8. The molecule has 20 heteroatoms. The Labute approximate surface area is 380 Å². The minimum absolute atomic E-state index is 0.0106. The second-order valence-electron chi connectivity index (χ2n) is 16.9. The Morgan fingerprint density at radius 3 is 2.43 bits per heavy atom. The number of rotatable bonds is 13. The predicted molar refractivity (Wildman–Crippen MR) is 241 cm³/mol. The predicted octanol–water partition coefficient (Wildman–Crippen LogP) is 8.03. The van der Waals surface area contributed by atoms with Crippen LogP contribution in [0.2, 0.25) is 5.02 Å². The minimum Gasteiger partial charge on any atom is -0.455 e. The smallest absolute Gasteiger partial charge is 0.455 e. The van der Waals surface area contributed by atoms with Gasteiger partial charge in [0, 0.05) is 87.3 Å². The molecule has 0 spiro atoms. The number of sulfonamides is 1. The number of alkyl halides is 3. The lowest BCUT2D eigenvalue weighted by Gasteiger charge is -2.39. The van der Waals surface area contributed by atoms with Gasteiger partial charge in [-0.1, -0.05) is 23.7 Å². The Bertz CT molecular complexity index is 2820. The Morgan fingerprint density at radius 2 is 1.71 bits per heavy atom. The van der Waals surface area contributed by atoms with Crippen LogP contribution in [-0.4, -0.2) is 108 Å². The third kappa shape index (κ3) is 10.6. The molecule has 2 saturated heterocycles. The Hall–Kier alpha value is -5.18. The number of carbonyl (C=O) groups excluding carboxylic acids is 1. The van der Waals surface area contributed by atoms with E-state index in [1.165, 1.54) is 23.4 Å². The third-order valence-corrected chi connectivity index (χ3v) is 14.9. The van der Waals surface area contributed by atoms with Crippen molar-refractivity contribution in [1.29, 1.82) is 0 Å². The summed E-state index contributed by atoms with van der Waals surface area (Å²) in [4.78, 5) is 23.6. The molecule has 3 aliphatic heterocycles. The van der Waals surface area contributed by atoms with Crippen LogP contribution >= 0.6 is 11.6 Å². The number of nitrogens with one attached hydrogen (secondary N) is 3. The molecule has 0 atom stereocenters. The highest BCUT2D eigenvalue weighted by atomic mass is 35.5. The van der Waals surface area contributed by atoms with E-state index < -0.39 is 46.8 Å². The molecule has 2 aromatic heterocycles. The highest BCUT2D eigenvalue weighted by Crippen LogP contribution is 2.38. The average molecular weight is 957 g/mol. The maximum Gasteiger partial charge on any atom is 0.501 e. The van der Waals surface area contributed by atoms with E-state index in [1.807, 2.05) is 29.0 Å². The molecule has 14 nitrogen and oxygen atoms in total. The Morgan fingerprint density at radius 1 is 0.969 bits per heavy atom. The molecule has 0 saturated carbocycles. The molecule has 3 aromatic carbocycles. The normalized spacial score (nSPS) is 17.9. The van der Waals surface area contributed by atoms with Crippen LogP contribution < -0.4 is 19.7 Å². The van der Waals surface area contributed by atoms with Crippen LogP contribution in [-0.2, 0) is 29.3 Å². The van der Waals surface area contributed by atoms with E-state index in [9.17, 15) is 34.8 Å². The molecule has 5 heterocycles. The lowest BCUT2D eigenvalue weighted by atomic mass is 9.87. The van der Waals surface area contributed by atoms with Gasteiger partial charge in [0.2, 0.25) is 0 Å². The fourth-order valence-electron chi connectivity index (χ4n) is 8.19. The molecule has 346 valence electrons. The van der Waals surface area contributed by atoms with Gasteiger partial charge in [-0.3, -0.25) is 9.69 Å². The van der Waals surface area contributed by atoms with E-state index in [4.69, 9.17) is 25.8 Å². The zero-order chi connectivity index (χ0) is 46.1. The number of hydrogen-bond acceptors (Lipinski definition) is 12. The minimum atomic E-state index is -6.03. The molecule has 0 unspecified atom stereocenters. The van der Waals surface area contributed by atoms with Crippen molar-refractivity contribution >= 4 is 65.3 Å². The summed E-state index contributed by atoms with van der Waals surface area (Å²) in [5.41, 5.74) is -1.87. The van der Waals surface area contributed by atoms with Crippen LogP contribution in [0.15, 0.2) is 101 Å². The van der Waals surface area contributed by atoms with Gasteiger partial charge in [0.1, 0.15) is 22.0 Å². The molecular formula is C45H48ClF3N6O8S2. The largest absolute Gasteiger partial charge is 0.501 e. The van der Waals surface area contributed by atoms with Gasteiger partial charge in [0.05, 0.1) is 34.6 Å². The first-order chi connectivity index (χ1) is 30.8. The fourth-order valence-corrected chi connectivity index (χ4v) is 10.3. The number of H-pyrrole nitrogens is 1. The van der Waals surface area contributed by atoms with Crippen molar-refractivity contribution in [3.63, 3.8) is 0 Å². The number of carbonyl (C=O) groups is 1. The first kappa shape index (κ1) is 46.4. The van der Waals surface area contributed by atoms with Crippen LogP contribution in [0, 0.1) is 5.92 Å². The highest BCUT2D eigenvalue weighted by Gasteiger charge is 2.48. The van der Waals surface area contributed by atoms with Gasteiger partial charge in [-0.05, 0) is 104 Å². The number of ether oxygens (including phenoxy) is 3. The summed E-state index contributed by atoms with van der Waals surface area (Å²) in [6.45, 7) is 9.00. The van der Waals surface area contributed by atoms with Crippen molar-refractivity contribution in [2.45, 2.75) is 54.0 Å². The van der Waals surface area contributed by atoms with Crippen LogP contribution in [0.3, 0.4) is 0 Å². The van der Waals surface area contributed by atoms with Crippen molar-refractivity contribution in [3.8, 4) is 11.5 Å². The summed E-state index contributed by atoms with van der Waals surface area (Å²) in [5.74, 6) is -0.966. The second-order valence-corrected chi connectivity index (χ2v) is 21.0. The first-order valence-electron chi connectivity index (χ1n) is 21.0. The van der Waals surface area contributed by atoms with Crippen LogP contribution in [0.5, 0.6) is 11.5 Å². The molecule has 8 rings (SSSR count). The number of halogens is 4. The number of amides is 1.